The van der Waals surface area contributed by atoms with Crippen molar-refractivity contribution in [3.63, 3.8) is 0 Å². The first-order chi connectivity index (χ1) is 8.18. The van der Waals surface area contributed by atoms with E-state index in [0.717, 1.165) is 37.2 Å². The van der Waals surface area contributed by atoms with E-state index < -0.39 is 0 Å². The van der Waals surface area contributed by atoms with Crippen LogP contribution in [0.3, 0.4) is 0 Å². The molecule has 0 aliphatic carbocycles. The fourth-order valence-electron chi connectivity index (χ4n) is 2.15. The van der Waals surface area contributed by atoms with Gasteiger partial charge in [-0.2, -0.15) is 0 Å². The molecule has 2 rings (SSSR count). The van der Waals surface area contributed by atoms with Crippen molar-refractivity contribution in [2.45, 2.75) is 38.9 Å². The number of nitrogens with one attached hydrogen (secondary N) is 1. The quantitative estimate of drug-likeness (QED) is 0.821. The summed E-state index contributed by atoms with van der Waals surface area (Å²) < 4.78 is 5.97. The van der Waals surface area contributed by atoms with Crippen molar-refractivity contribution in [1.82, 2.24) is 5.32 Å². The summed E-state index contributed by atoms with van der Waals surface area (Å²) in [7, 11) is 0. The molecule has 94 valence electrons. The lowest BCUT2D eigenvalue weighted by Gasteiger charge is -2.23. The van der Waals surface area contributed by atoms with Crippen molar-refractivity contribution >= 4 is 0 Å². The van der Waals surface area contributed by atoms with Gasteiger partial charge in [0.1, 0.15) is 11.9 Å². The molecule has 1 heterocycles. The Kier molecular flexibility index (Phi) is 4.02. The van der Waals surface area contributed by atoms with E-state index in [1.165, 1.54) is 5.56 Å². The molecular formula is C14H21NO2. The van der Waals surface area contributed by atoms with Crippen LogP contribution in [0.5, 0.6) is 5.75 Å². The van der Waals surface area contributed by atoms with Gasteiger partial charge in [-0.3, -0.25) is 0 Å². The zero-order valence-corrected chi connectivity index (χ0v) is 10.6. The van der Waals surface area contributed by atoms with Gasteiger partial charge in [0.05, 0.1) is 6.10 Å². The second-order valence-electron chi connectivity index (χ2n) is 4.75. The lowest BCUT2D eigenvalue weighted by Crippen LogP contribution is -2.31. The molecule has 1 aliphatic heterocycles. The Balaban J connectivity index is 2.10. The third-order valence-corrected chi connectivity index (χ3v) is 3.48. The molecule has 1 fully saturated rings. The third-order valence-electron chi connectivity index (χ3n) is 3.48. The highest BCUT2D eigenvalue weighted by Gasteiger charge is 2.23. The number of aliphatic hydroxyl groups excluding tert-OH is 1. The number of hydrogen-bond acceptors (Lipinski definition) is 3. The zero-order chi connectivity index (χ0) is 12.3. The Morgan fingerprint density at radius 1 is 1.24 bits per heavy atom. The highest BCUT2D eigenvalue weighted by Crippen LogP contribution is 2.24. The summed E-state index contributed by atoms with van der Waals surface area (Å²) in [6.07, 6.45) is 1.15. The molecule has 1 aliphatic rings. The Hall–Kier alpha value is -1.06. The predicted octanol–water partition coefficient (Wildman–Crippen LogP) is 1.80. The lowest BCUT2D eigenvalue weighted by atomic mass is 10.1. The zero-order valence-electron chi connectivity index (χ0n) is 10.6. The molecule has 2 atom stereocenters. The second kappa shape index (κ2) is 5.52. The monoisotopic (exact) mass is 235 g/mol. The van der Waals surface area contributed by atoms with Crippen molar-refractivity contribution in [2.24, 2.45) is 0 Å². The number of ether oxygens (including phenoxy) is 1. The fraction of sp³-hybridized carbons (Fsp3) is 0.571. The molecule has 0 amide bonds. The Bertz CT molecular complexity index is 378. The van der Waals surface area contributed by atoms with Crippen LogP contribution in [0.2, 0.25) is 0 Å². The van der Waals surface area contributed by atoms with Gasteiger partial charge in [-0.05, 0) is 57.0 Å². The van der Waals surface area contributed by atoms with E-state index in [1.54, 1.807) is 0 Å². The summed E-state index contributed by atoms with van der Waals surface area (Å²) in [6.45, 7) is 5.92. The molecule has 2 N–H and O–H groups in total. The number of benzene rings is 1. The molecular weight excluding hydrogens is 214 g/mol. The smallest absolute Gasteiger partial charge is 0.126 e. The molecule has 1 aromatic rings. The first-order valence-electron chi connectivity index (χ1n) is 6.30. The van der Waals surface area contributed by atoms with E-state index in [1.807, 2.05) is 12.1 Å². The minimum absolute atomic E-state index is 0.0921. The summed E-state index contributed by atoms with van der Waals surface area (Å²) in [5.41, 5.74) is 2.39. The van der Waals surface area contributed by atoms with E-state index in [9.17, 15) is 5.11 Å². The van der Waals surface area contributed by atoms with Crippen LogP contribution in [0.4, 0.5) is 0 Å². The van der Waals surface area contributed by atoms with Gasteiger partial charge in [0, 0.05) is 0 Å². The first kappa shape index (κ1) is 12.4. The van der Waals surface area contributed by atoms with Crippen molar-refractivity contribution in [3.05, 3.63) is 29.3 Å². The summed E-state index contributed by atoms with van der Waals surface area (Å²) >= 11 is 0. The van der Waals surface area contributed by atoms with Crippen LogP contribution in [0.15, 0.2) is 18.2 Å². The molecule has 0 aromatic heterocycles. The van der Waals surface area contributed by atoms with Crippen LogP contribution >= 0.6 is 0 Å². The van der Waals surface area contributed by atoms with Crippen molar-refractivity contribution < 1.29 is 9.84 Å². The first-order valence-corrected chi connectivity index (χ1v) is 6.30. The van der Waals surface area contributed by atoms with Gasteiger partial charge in [0.2, 0.25) is 0 Å². The average molecular weight is 235 g/mol. The van der Waals surface area contributed by atoms with Crippen LogP contribution in [0, 0.1) is 13.8 Å². The van der Waals surface area contributed by atoms with Crippen molar-refractivity contribution in [2.75, 3.05) is 13.1 Å². The van der Waals surface area contributed by atoms with E-state index >= 15 is 0 Å². The van der Waals surface area contributed by atoms with Crippen LogP contribution in [-0.2, 0) is 0 Å². The van der Waals surface area contributed by atoms with Gasteiger partial charge < -0.3 is 15.2 Å². The number of aryl methyl sites for hydroxylation is 1. The average Bonchev–Trinajstić information content (AvgIpc) is 2.51. The number of rotatable bonds is 2. The SMILES string of the molecule is Cc1cccc(O[C@@H]2CCNCC[C@H]2O)c1C. The van der Waals surface area contributed by atoms with Gasteiger partial charge in [-0.1, -0.05) is 12.1 Å². The third kappa shape index (κ3) is 2.99. The van der Waals surface area contributed by atoms with E-state index in [4.69, 9.17) is 4.74 Å². The molecule has 1 aromatic carbocycles. The normalized spacial score (nSPS) is 25.4. The lowest BCUT2D eigenvalue weighted by molar-refractivity contribution is 0.0346. The Morgan fingerprint density at radius 3 is 2.82 bits per heavy atom. The van der Waals surface area contributed by atoms with Crippen LogP contribution < -0.4 is 10.1 Å². The largest absolute Gasteiger partial charge is 0.487 e. The van der Waals surface area contributed by atoms with Crippen LogP contribution in [-0.4, -0.2) is 30.4 Å². The molecule has 0 saturated carbocycles. The van der Waals surface area contributed by atoms with Crippen molar-refractivity contribution in [3.8, 4) is 5.75 Å². The predicted molar refractivity (Wildman–Crippen MR) is 68.4 cm³/mol. The molecule has 0 unspecified atom stereocenters. The standard InChI is InChI=1S/C14H21NO2/c1-10-4-3-5-13(11(10)2)17-14-7-9-15-8-6-12(14)16/h3-5,12,14-16H,6-9H2,1-2H3/t12-,14-/m1/s1. The van der Waals surface area contributed by atoms with Gasteiger partial charge in [0.25, 0.3) is 0 Å². The van der Waals surface area contributed by atoms with Crippen LogP contribution in [0.25, 0.3) is 0 Å². The highest BCUT2D eigenvalue weighted by atomic mass is 16.5. The molecule has 0 spiro atoms. The van der Waals surface area contributed by atoms with Gasteiger partial charge in [-0.15, -0.1) is 0 Å². The highest BCUT2D eigenvalue weighted by molar-refractivity contribution is 5.38. The Morgan fingerprint density at radius 2 is 2.00 bits per heavy atom. The molecule has 1 saturated heterocycles. The maximum atomic E-state index is 10.0. The summed E-state index contributed by atoms with van der Waals surface area (Å²) in [5.74, 6) is 0.899. The molecule has 3 nitrogen and oxygen atoms in total. The second-order valence-corrected chi connectivity index (χ2v) is 4.75. The number of aliphatic hydroxyl groups is 1. The molecule has 3 heteroatoms. The van der Waals surface area contributed by atoms with Crippen LogP contribution in [0.1, 0.15) is 24.0 Å². The minimum atomic E-state index is -0.370. The van der Waals surface area contributed by atoms with E-state index in [2.05, 4.69) is 25.2 Å². The fourth-order valence-corrected chi connectivity index (χ4v) is 2.15. The van der Waals surface area contributed by atoms with Gasteiger partial charge in [0.15, 0.2) is 0 Å². The van der Waals surface area contributed by atoms with E-state index in [-0.39, 0.29) is 12.2 Å². The maximum absolute atomic E-state index is 10.0. The van der Waals surface area contributed by atoms with Crippen molar-refractivity contribution in [1.29, 1.82) is 0 Å². The topological polar surface area (TPSA) is 41.5 Å². The van der Waals surface area contributed by atoms with Gasteiger partial charge in [-0.25, -0.2) is 0 Å². The molecule has 0 radical (unpaired) electrons. The van der Waals surface area contributed by atoms with Gasteiger partial charge >= 0.3 is 0 Å². The summed E-state index contributed by atoms with van der Waals surface area (Å²) in [6, 6.07) is 6.06. The summed E-state index contributed by atoms with van der Waals surface area (Å²) in [4.78, 5) is 0. The summed E-state index contributed by atoms with van der Waals surface area (Å²) in [5, 5.41) is 13.3. The molecule has 17 heavy (non-hydrogen) atoms. The Labute approximate surface area is 103 Å². The minimum Gasteiger partial charge on any atom is -0.487 e. The molecule has 0 bridgehead atoms. The maximum Gasteiger partial charge on any atom is 0.126 e. The van der Waals surface area contributed by atoms with E-state index in [0.29, 0.717) is 0 Å². The number of hydrogen-bond donors (Lipinski definition) is 2.